The lowest BCUT2D eigenvalue weighted by Crippen LogP contribution is -2.17. The Morgan fingerprint density at radius 1 is 1.10 bits per heavy atom. The van der Waals surface area contributed by atoms with Crippen LogP contribution in [-0.2, 0) is 14.3 Å². The zero-order valence-electron chi connectivity index (χ0n) is 17.8. The van der Waals surface area contributed by atoms with Gasteiger partial charge in [-0.05, 0) is 43.3 Å². The van der Waals surface area contributed by atoms with Crippen LogP contribution in [0.3, 0.4) is 0 Å². The number of methoxy groups -OCH3 is 2. The van der Waals surface area contributed by atoms with E-state index in [1.165, 1.54) is 7.11 Å². The van der Waals surface area contributed by atoms with Crippen LogP contribution in [0.1, 0.15) is 6.92 Å². The predicted octanol–water partition coefficient (Wildman–Crippen LogP) is 2.94. The molecule has 0 saturated carbocycles. The molecule has 0 unspecified atom stereocenters. The van der Waals surface area contributed by atoms with Crippen LogP contribution >= 0.6 is 0 Å². The maximum atomic E-state index is 11.7. The molecule has 2 aromatic carbocycles. The van der Waals surface area contributed by atoms with E-state index in [-0.39, 0.29) is 18.5 Å². The van der Waals surface area contributed by atoms with Gasteiger partial charge in [-0.2, -0.15) is 4.98 Å². The molecule has 1 N–H and O–H groups in total. The molecular formula is C22H26N4O5. The predicted molar refractivity (Wildman–Crippen MR) is 116 cm³/mol. The largest absolute Gasteiger partial charge is 0.497 e. The Labute approximate surface area is 180 Å². The minimum absolute atomic E-state index is 0.00669. The van der Waals surface area contributed by atoms with Gasteiger partial charge in [0, 0.05) is 25.0 Å². The molecule has 0 radical (unpaired) electrons. The molecule has 0 atom stereocenters. The molecule has 164 valence electrons. The van der Waals surface area contributed by atoms with E-state index >= 15 is 0 Å². The SMILES string of the molecule is CCOCCOc1nc(-c2cccc(OC)c2)n(-c2ccc(NC(=O)COC)cc2)n1. The summed E-state index contributed by atoms with van der Waals surface area (Å²) in [5.74, 6) is 1.08. The van der Waals surface area contributed by atoms with Gasteiger partial charge in [-0.25, -0.2) is 4.68 Å². The van der Waals surface area contributed by atoms with E-state index in [2.05, 4.69) is 15.4 Å². The molecule has 0 bridgehead atoms. The Morgan fingerprint density at radius 2 is 1.90 bits per heavy atom. The quantitative estimate of drug-likeness (QED) is 0.471. The van der Waals surface area contributed by atoms with Crippen molar-refractivity contribution in [1.29, 1.82) is 0 Å². The van der Waals surface area contributed by atoms with Crippen molar-refractivity contribution >= 4 is 11.6 Å². The van der Waals surface area contributed by atoms with Crippen molar-refractivity contribution in [2.75, 3.05) is 46.0 Å². The lowest BCUT2D eigenvalue weighted by Gasteiger charge is -2.09. The van der Waals surface area contributed by atoms with Gasteiger partial charge in [0.15, 0.2) is 5.82 Å². The molecule has 31 heavy (non-hydrogen) atoms. The van der Waals surface area contributed by atoms with Crippen molar-refractivity contribution in [3.63, 3.8) is 0 Å². The van der Waals surface area contributed by atoms with E-state index in [1.807, 2.05) is 43.3 Å². The summed E-state index contributed by atoms with van der Waals surface area (Å²) in [6.45, 7) is 3.34. The summed E-state index contributed by atoms with van der Waals surface area (Å²) in [7, 11) is 3.09. The summed E-state index contributed by atoms with van der Waals surface area (Å²) in [4.78, 5) is 16.3. The van der Waals surface area contributed by atoms with Crippen molar-refractivity contribution in [3.8, 4) is 28.8 Å². The molecule has 0 aliphatic rings. The Bertz CT molecular complexity index is 988. The number of benzene rings is 2. The van der Waals surface area contributed by atoms with Crippen molar-refractivity contribution < 1.29 is 23.7 Å². The number of hydrogen-bond acceptors (Lipinski definition) is 7. The van der Waals surface area contributed by atoms with Gasteiger partial charge in [-0.1, -0.05) is 12.1 Å². The van der Waals surface area contributed by atoms with Crippen LogP contribution in [0.5, 0.6) is 11.8 Å². The number of nitrogens with one attached hydrogen (secondary N) is 1. The fourth-order valence-electron chi connectivity index (χ4n) is 2.83. The molecule has 1 aromatic heterocycles. The van der Waals surface area contributed by atoms with Gasteiger partial charge in [-0.3, -0.25) is 4.79 Å². The molecule has 0 saturated heterocycles. The minimum atomic E-state index is -0.224. The minimum Gasteiger partial charge on any atom is -0.497 e. The van der Waals surface area contributed by atoms with Gasteiger partial charge < -0.3 is 24.3 Å². The maximum Gasteiger partial charge on any atom is 0.336 e. The standard InChI is InChI=1S/C22H26N4O5/c1-4-30-12-13-31-22-24-21(16-6-5-7-19(14-16)29-3)26(25-22)18-10-8-17(9-11-18)23-20(27)15-28-2/h5-11,14H,4,12-13,15H2,1-3H3,(H,23,27). The highest BCUT2D eigenvalue weighted by Crippen LogP contribution is 2.27. The second-order valence-corrected chi connectivity index (χ2v) is 6.44. The fourth-order valence-corrected chi connectivity index (χ4v) is 2.83. The van der Waals surface area contributed by atoms with E-state index in [0.717, 1.165) is 11.3 Å². The maximum absolute atomic E-state index is 11.7. The van der Waals surface area contributed by atoms with Crippen molar-refractivity contribution in [3.05, 3.63) is 48.5 Å². The number of amides is 1. The van der Waals surface area contributed by atoms with Crippen LogP contribution in [0.2, 0.25) is 0 Å². The highest BCUT2D eigenvalue weighted by Gasteiger charge is 2.16. The third-order valence-electron chi connectivity index (χ3n) is 4.25. The number of rotatable bonds is 11. The Morgan fingerprint density at radius 3 is 2.61 bits per heavy atom. The molecule has 3 rings (SSSR count). The topological polar surface area (TPSA) is 96.7 Å². The van der Waals surface area contributed by atoms with Crippen LogP contribution in [-0.4, -0.2) is 61.3 Å². The summed E-state index contributed by atoms with van der Waals surface area (Å²) in [5.41, 5.74) is 2.24. The monoisotopic (exact) mass is 426 g/mol. The molecule has 0 fully saturated rings. The Balaban J connectivity index is 1.89. The number of carbonyl (C=O) groups excluding carboxylic acids is 1. The van der Waals surface area contributed by atoms with Gasteiger partial charge in [0.05, 0.1) is 19.4 Å². The first-order chi connectivity index (χ1) is 15.1. The molecule has 1 amide bonds. The van der Waals surface area contributed by atoms with E-state index in [9.17, 15) is 4.79 Å². The summed E-state index contributed by atoms with van der Waals surface area (Å²) in [6, 6.07) is 15.0. The van der Waals surface area contributed by atoms with E-state index < -0.39 is 0 Å². The first kappa shape index (κ1) is 22.3. The van der Waals surface area contributed by atoms with E-state index in [1.54, 1.807) is 23.9 Å². The Kier molecular flexibility index (Phi) is 7.97. The summed E-state index contributed by atoms with van der Waals surface area (Å²) in [5, 5.41) is 7.27. The van der Waals surface area contributed by atoms with Crippen LogP contribution < -0.4 is 14.8 Å². The first-order valence-electron chi connectivity index (χ1n) is 9.85. The molecule has 9 nitrogen and oxygen atoms in total. The molecule has 0 aliphatic heterocycles. The van der Waals surface area contributed by atoms with Crippen molar-refractivity contribution in [2.24, 2.45) is 0 Å². The fraction of sp³-hybridized carbons (Fsp3) is 0.318. The number of anilines is 1. The van der Waals surface area contributed by atoms with Crippen LogP contribution in [0.25, 0.3) is 17.1 Å². The zero-order chi connectivity index (χ0) is 22.1. The van der Waals surface area contributed by atoms with Crippen LogP contribution in [0, 0.1) is 0 Å². The molecule has 9 heteroatoms. The van der Waals surface area contributed by atoms with E-state index in [4.69, 9.17) is 18.9 Å². The van der Waals surface area contributed by atoms with Gasteiger partial charge in [-0.15, -0.1) is 5.10 Å². The third kappa shape index (κ3) is 6.03. The summed E-state index contributed by atoms with van der Waals surface area (Å²) in [6.07, 6.45) is 0. The normalized spacial score (nSPS) is 10.7. The third-order valence-corrected chi connectivity index (χ3v) is 4.25. The van der Waals surface area contributed by atoms with E-state index in [0.29, 0.717) is 37.1 Å². The lowest BCUT2D eigenvalue weighted by atomic mass is 10.2. The zero-order valence-corrected chi connectivity index (χ0v) is 17.8. The molecular weight excluding hydrogens is 400 g/mol. The van der Waals surface area contributed by atoms with Crippen molar-refractivity contribution in [2.45, 2.75) is 6.92 Å². The van der Waals surface area contributed by atoms with Gasteiger partial charge >= 0.3 is 6.01 Å². The number of nitrogens with zero attached hydrogens (tertiary/aromatic N) is 3. The highest BCUT2D eigenvalue weighted by molar-refractivity contribution is 5.91. The van der Waals surface area contributed by atoms with Gasteiger partial charge in [0.1, 0.15) is 19.0 Å². The summed E-state index contributed by atoms with van der Waals surface area (Å²) >= 11 is 0. The molecule has 0 spiro atoms. The molecule has 3 aromatic rings. The van der Waals surface area contributed by atoms with Gasteiger partial charge in [0.2, 0.25) is 5.91 Å². The first-order valence-corrected chi connectivity index (χ1v) is 9.85. The number of hydrogen-bond donors (Lipinski definition) is 1. The average molecular weight is 426 g/mol. The summed E-state index contributed by atoms with van der Waals surface area (Å²) < 4.78 is 22.8. The highest BCUT2D eigenvalue weighted by atomic mass is 16.5. The Hall–Kier alpha value is -3.43. The van der Waals surface area contributed by atoms with Crippen molar-refractivity contribution in [1.82, 2.24) is 14.8 Å². The second kappa shape index (κ2) is 11.1. The average Bonchev–Trinajstić information content (AvgIpc) is 3.22. The van der Waals surface area contributed by atoms with Gasteiger partial charge in [0.25, 0.3) is 0 Å². The number of carbonyl (C=O) groups is 1. The lowest BCUT2D eigenvalue weighted by molar-refractivity contribution is -0.119. The smallest absolute Gasteiger partial charge is 0.336 e. The second-order valence-electron chi connectivity index (χ2n) is 6.44. The number of aromatic nitrogens is 3. The molecule has 1 heterocycles. The molecule has 0 aliphatic carbocycles. The number of ether oxygens (including phenoxy) is 4. The van der Waals surface area contributed by atoms with Crippen LogP contribution in [0.4, 0.5) is 5.69 Å². The van der Waals surface area contributed by atoms with Crippen LogP contribution in [0.15, 0.2) is 48.5 Å².